The normalized spacial score (nSPS) is 14.5. The van der Waals surface area contributed by atoms with E-state index < -0.39 is 5.97 Å². The second-order valence-electron chi connectivity index (χ2n) is 7.81. The van der Waals surface area contributed by atoms with Gasteiger partial charge in [-0.25, -0.2) is 4.79 Å². The molecule has 0 bridgehead atoms. The van der Waals surface area contributed by atoms with E-state index in [9.17, 15) is 9.90 Å². The summed E-state index contributed by atoms with van der Waals surface area (Å²) < 4.78 is 6.07. The highest BCUT2D eigenvalue weighted by Gasteiger charge is 2.22. The van der Waals surface area contributed by atoms with Crippen LogP contribution >= 0.6 is 0 Å². The van der Waals surface area contributed by atoms with Crippen LogP contribution in [0, 0.1) is 0 Å². The fraction of sp³-hybridized carbons (Fsp3) is 0.292. The van der Waals surface area contributed by atoms with Crippen LogP contribution in [-0.2, 0) is 19.4 Å². The van der Waals surface area contributed by atoms with Crippen molar-refractivity contribution in [3.05, 3.63) is 71.1 Å². The van der Waals surface area contributed by atoms with E-state index in [0.717, 1.165) is 73.1 Å². The van der Waals surface area contributed by atoms with Crippen LogP contribution in [0.4, 0.5) is 0 Å². The highest BCUT2D eigenvalue weighted by atomic mass is 16.4. The Balaban J connectivity index is 1.22. The Morgan fingerprint density at radius 3 is 2.72 bits per heavy atom. The van der Waals surface area contributed by atoms with Crippen LogP contribution in [0.25, 0.3) is 21.9 Å². The number of carbonyl (C=O) groups is 1. The molecule has 3 heterocycles. The summed E-state index contributed by atoms with van der Waals surface area (Å²) in [6.45, 7) is 2.91. The lowest BCUT2D eigenvalue weighted by Crippen LogP contribution is -2.30. The van der Waals surface area contributed by atoms with Crippen LogP contribution in [0.2, 0.25) is 0 Å². The molecule has 29 heavy (non-hydrogen) atoms. The molecule has 148 valence electrons. The van der Waals surface area contributed by atoms with E-state index >= 15 is 0 Å². The number of furan rings is 1. The third-order valence-corrected chi connectivity index (χ3v) is 6.01. The Hall–Kier alpha value is -3.05. The molecule has 0 aliphatic carbocycles. The smallest absolute Gasteiger partial charge is 0.352 e. The number of para-hydroxylation sites is 2. The molecule has 1 aliphatic heterocycles. The summed E-state index contributed by atoms with van der Waals surface area (Å²) in [6, 6.07) is 16.1. The summed E-state index contributed by atoms with van der Waals surface area (Å²) in [5.41, 5.74) is 4.50. The summed E-state index contributed by atoms with van der Waals surface area (Å²) in [5, 5.41) is 11.8. The maximum absolute atomic E-state index is 11.6. The first kappa shape index (κ1) is 18.0. The highest BCUT2D eigenvalue weighted by Crippen LogP contribution is 2.30. The lowest BCUT2D eigenvalue weighted by atomic mass is 10.0. The number of carboxylic acids is 1. The van der Waals surface area contributed by atoms with E-state index in [0.29, 0.717) is 5.69 Å². The van der Waals surface area contributed by atoms with Crippen LogP contribution < -0.4 is 0 Å². The number of rotatable bonds is 6. The van der Waals surface area contributed by atoms with Crippen LogP contribution in [0.3, 0.4) is 0 Å². The van der Waals surface area contributed by atoms with E-state index in [1.54, 1.807) is 0 Å². The molecule has 5 rings (SSSR count). The molecular weight excluding hydrogens is 364 g/mol. The van der Waals surface area contributed by atoms with Crippen molar-refractivity contribution < 1.29 is 14.3 Å². The van der Waals surface area contributed by atoms with Crippen LogP contribution in [-0.4, -0.2) is 34.0 Å². The molecule has 0 saturated heterocycles. The summed E-state index contributed by atoms with van der Waals surface area (Å²) >= 11 is 0. The fourth-order valence-corrected chi connectivity index (χ4v) is 4.57. The van der Waals surface area contributed by atoms with Gasteiger partial charge < -0.3 is 14.5 Å². The van der Waals surface area contributed by atoms with E-state index in [1.807, 2.05) is 36.4 Å². The van der Waals surface area contributed by atoms with Gasteiger partial charge in [0.05, 0.1) is 6.54 Å². The third kappa shape index (κ3) is 3.32. The maximum atomic E-state index is 11.6. The molecule has 0 amide bonds. The van der Waals surface area contributed by atoms with Crippen molar-refractivity contribution in [2.24, 2.45) is 0 Å². The quantitative estimate of drug-likeness (QED) is 0.457. The largest absolute Gasteiger partial charge is 0.477 e. The summed E-state index contributed by atoms with van der Waals surface area (Å²) in [5.74, 6) is 0.215. The molecule has 0 atom stereocenters. The average Bonchev–Trinajstić information content (AvgIpc) is 3.29. The number of nitrogens with one attached hydrogen (secondary N) is 1. The molecule has 0 fully saturated rings. The number of unbranched alkanes of at least 4 members (excludes halogenated alkanes) is 1. The van der Waals surface area contributed by atoms with Gasteiger partial charge in [-0.15, -0.1) is 0 Å². The van der Waals surface area contributed by atoms with Crippen molar-refractivity contribution in [1.29, 1.82) is 0 Å². The number of H-pyrrole nitrogens is 1. The standard InChI is InChI=1S/C24H24N2O3/c27-24(28)23-19(16-7-1-3-10-20(16)25-23)9-5-6-13-26-14-12-18-17-8-2-4-11-21(17)29-22(18)15-26/h1-4,7-8,10-11,25H,5-6,9,12-15H2,(H,27,28). The SMILES string of the molecule is O=C(O)c1[nH]c2ccccc2c1CCCCN1CCc2c(oc3ccccc23)C1. The zero-order chi connectivity index (χ0) is 19.8. The first-order chi connectivity index (χ1) is 14.2. The Bertz CT molecular complexity index is 1190. The van der Waals surface area contributed by atoms with E-state index in [4.69, 9.17) is 4.42 Å². The Morgan fingerprint density at radius 1 is 1.07 bits per heavy atom. The molecule has 2 aromatic heterocycles. The molecule has 1 aliphatic rings. The van der Waals surface area contributed by atoms with Crippen molar-refractivity contribution in [3.8, 4) is 0 Å². The van der Waals surface area contributed by atoms with Gasteiger partial charge in [0.2, 0.25) is 0 Å². The van der Waals surface area contributed by atoms with E-state index in [-0.39, 0.29) is 0 Å². The first-order valence-corrected chi connectivity index (χ1v) is 10.3. The molecule has 2 N–H and O–H groups in total. The van der Waals surface area contributed by atoms with Gasteiger partial charge in [0.25, 0.3) is 0 Å². The monoisotopic (exact) mass is 388 g/mol. The summed E-state index contributed by atoms with van der Waals surface area (Å²) in [6.07, 6.45) is 3.80. The Labute approximate surface area is 168 Å². The number of fused-ring (bicyclic) bond motifs is 4. The summed E-state index contributed by atoms with van der Waals surface area (Å²) in [7, 11) is 0. The minimum atomic E-state index is -0.885. The second-order valence-corrected chi connectivity index (χ2v) is 7.81. The van der Waals surface area contributed by atoms with Gasteiger partial charge >= 0.3 is 5.97 Å². The number of nitrogens with zero attached hydrogens (tertiary/aromatic N) is 1. The fourth-order valence-electron chi connectivity index (χ4n) is 4.57. The van der Waals surface area contributed by atoms with E-state index in [1.165, 1.54) is 10.9 Å². The van der Waals surface area contributed by atoms with Crippen LogP contribution in [0.15, 0.2) is 52.9 Å². The van der Waals surface area contributed by atoms with Gasteiger partial charge in [-0.3, -0.25) is 4.90 Å². The van der Waals surface area contributed by atoms with Crippen molar-refractivity contribution in [3.63, 3.8) is 0 Å². The minimum Gasteiger partial charge on any atom is -0.477 e. The molecule has 0 radical (unpaired) electrons. The predicted molar refractivity (Wildman–Crippen MR) is 113 cm³/mol. The topological polar surface area (TPSA) is 69.5 Å². The van der Waals surface area contributed by atoms with E-state index in [2.05, 4.69) is 22.0 Å². The van der Waals surface area contributed by atoms with Gasteiger partial charge in [-0.2, -0.15) is 0 Å². The maximum Gasteiger partial charge on any atom is 0.352 e. The molecule has 0 spiro atoms. The number of aromatic carboxylic acids is 1. The minimum absolute atomic E-state index is 0.330. The summed E-state index contributed by atoms with van der Waals surface area (Å²) in [4.78, 5) is 17.1. The number of hydrogen-bond donors (Lipinski definition) is 2. The lowest BCUT2D eigenvalue weighted by Gasteiger charge is -2.25. The molecule has 0 saturated carbocycles. The van der Waals surface area contributed by atoms with Gasteiger partial charge in [0.15, 0.2) is 0 Å². The number of aromatic amines is 1. The molecular formula is C24H24N2O3. The van der Waals surface area contributed by atoms with Gasteiger partial charge in [-0.05, 0) is 49.9 Å². The van der Waals surface area contributed by atoms with Crippen molar-refractivity contribution in [1.82, 2.24) is 9.88 Å². The molecule has 5 nitrogen and oxygen atoms in total. The second kappa shape index (κ2) is 7.41. The van der Waals surface area contributed by atoms with Crippen LogP contribution in [0.5, 0.6) is 0 Å². The third-order valence-electron chi connectivity index (χ3n) is 6.01. The number of hydrogen-bond acceptors (Lipinski definition) is 3. The van der Waals surface area contributed by atoms with Gasteiger partial charge in [0, 0.05) is 28.4 Å². The number of aryl methyl sites for hydroxylation is 1. The number of benzene rings is 2. The molecule has 5 heteroatoms. The molecule has 2 aromatic carbocycles. The molecule has 4 aromatic rings. The lowest BCUT2D eigenvalue weighted by molar-refractivity contribution is 0.0690. The number of aromatic nitrogens is 1. The highest BCUT2D eigenvalue weighted by molar-refractivity contribution is 5.97. The Kier molecular flexibility index (Phi) is 4.60. The van der Waals surface area contributed by atoms with Gasteiger partial charge in [-0.1, -0.05) is 36.4 Å². The van der Waals surface area contributed by atoms with Gasteiger partial charge in [0.1, 0.15) is 17.0 Å². The Morgan fingerprint density at radius 2 is 1.86 bits per heavy atom. The first-order valence-electron chi connectivity index (χ1n) is 10.3. The average molecular weight is 388 g/mol. The predicted octanol–water partition coefficient (Wildman–Crippen LogP) is 4.99. The molecule has 0 unspecified atom stereocenters. The van der Waals surface area contributed by atoms with Crippen LogP contribution in [0.1, 0.15) is 40.2 Å². The van der Waals surface area contributed by atoms with Crippen molar-refractivity contribution in [2.45, 2.75) is 32.2 Å². The van der Waals surface area contributed by atoms with Crippen molar-refractivity contribution in [2.75, 3.05) is 13.1 Å². The zero-order valence-electron chi connectivity index (χ0n) is 16.3. The van der Waals surface area contributed by atoms with Crippen molar-refractivity contribution >= 4 is 27.8 Å². The zero-order valence-corrected chi connectivity index (χ0v) is 16.3. The number of carboxylic acid groups (broad SMARTS) is 1.